The lowest BCUT2D eigenvalue weighted by molar-refractivity contribution is 0.0462. The lowest BCUT2D eigenvalue weighted by atomic mass is 9.66. The maximum absolute atomic E-state index is 12.6. The van der Waals surface area contributed by atoms with Crippen molar-refractivity contribution in [2.24, 2.45) is 0 Å². The third kappa shape index (κ3) is 5.72. The molecular weight excluding hydrogens is 418 g/mol. The van der Waals surface area contributed by atoms with Crippen LogP contribution in [0.15, 0.2) is 91.0 Å². The highest BCUT2D eigenvalue weighted by Crippen LogP contribution is 2.43. The summed E-state index contributed by atoms with van der Waals surface area (Å²) < 4.78 is 5.45. The number of carbonyl (C=O) groups is 1. The molecule has 0 heterocycles. The van der Waals surface area contributed by atoms with Crippen LogP contribution in [0.2, 0.25) is 0 Å². The summed E-state index contributed by atoms with van der Waals surface area (Å²) in [5, 5.41) is 13.4. The summed E-state index contributed by atoms with van der Waals surface area (Å²) in [6.07, 6.45) is -0.201. The van der Waals surface area contributed by atoms with Crippen LogP contribution < -0.4 is 5.32 Å². The zero-order valence-electron chi connectivity index (χ0n) is 18.7. The number of rotatable bonds is 7. The topological polar surface area (TPSA) is 58.6 Å². The zero-order valence-corrected chi connectivity index (χ0v) is 19.6. The Balaban J connectivity index is 2.14. The van der Waals surface area contributed by atoms with E-state index in [2.05, 4.69) is 54.3 Å². The predicted molar refractivity (Wildman–Crippen MR) is 132 cm³/mol. The van der Waals surface area contributed by atoms with Crippen molar-refractivity contribution in [3.8, 4) is 0 Å². The first-order valence-electron chi connectivity index (χ1n) is 10.7. The highest BCUT2D eigenvalue weighted by Gasteiger charge is 2.40. The number of aliphatic hydroxyl groups excluding tert-OH is 1. The van der Waals surface area contributed by atoms with Gasteiger partial charge in [-0.3, -0.25) is 0 Å². The SMILES string of the molecule is CC(C)(C)OC(=O)N[C@H](CC(c1ccccc1)(c1ccccc1)c1ccccc1)C(O)S. The van der Waals surface area contributed by atoms with Crippen LogP contribution in [0, 0.1) is 0 Å². The van der Waals surface area contributed by atoms with E-state index >= 15 is 0 Å². The minimum atomic E-state index is -1.09. The Bertz CT molecular complexity index is 889. The highest BCUT2D eigenvalue weighted by molar-refractivity contribution is 7.80. The van der Waals surface area contributed by atoms with E-state index in [4.69, 9.17) is 4.74 Å². The molecule has 2 atom stereocenters. The van der Waals surface area contributed by atoms with Crippen molar-refractivity contribution in [1.29, 1.82) is 0 Å². The van der Waals surface area contributed by atoms with Gasteiger partial charge in [-0.2, -0.15) is 0 Å². The Morgan fingerprint density at radius 1 is 0.844 bits per heavy atom. The van der Waals surface area contributed by atoms with E-state index in [1.54, 1.807) is 20.8 Å². The standard InChI is InChI=1S/C27H31NO3S/c1-26(2,3)31-25(30)28-23(24(29)32)19-27(20-13-7-4-8-14-20,21-15-9-5-10-16-21)22-17-11-6-12-18-22/h4-18,23-24,29,32H,19H2,1-3H3,(H,28,30)/t23-,24?/m1/s1. The van der Waals surface area contributed by atoms with Crippen molar-refractivity contribution in [1.82, 2.24) is 5.32 Å². The fourth-order valence-electron chi connectivity index (χ4n) is 4.04. The molecule has 5 heteroatoms. The van der Waals surface area contributed by atoms with E-state index in [1.807, 2.05) is 54.6 Å². The van der Waals surface area contributed by atoms with E-state index in [1.165, 1.54) is 0 Å². The van der Waals surface area contributed by atoms with E-state index in [0.29, 0.717) is 6.42 Å². The molecule has 0 saturated heterocycles. The Labute approximate surface area is 196 Å². The van der Waals surface area contributed by atoms with Gasteiger partial charge in [0.15, 0.2) is 0 Å². The number of nitrogens with one attached hydrogen (secondary N) is 1. The van der Waals surface area contributed by atoms with Crippen molar-refractivity contribution < 1.29 is 14.6 Å². The van der Waals surface area contributed by atoms with Crippen molar-refractivity contribution >= 4 is 18.7 Å². The molecule has 0 bridgehead atoms. The van der Waals surface area contributed by atoms with Crippen LogP contribution in [-0.2, 0) is 10.2 Å². The molecule has 0 aromatic heterocycles. The van der Waals surface area contributed by atoms with Gasteiger partial charge in [-0.05, 0) is 43.9 Å². The van der Waals surface area contributed by atoms with Gasteiger partial charge in [0.1, 0.15) is 11.0 Å². The molecular formula is C27H31NO3S. The maximum atomic E-state index is 12.6. The molecule has 4 nitrogen and oxygen atoms in total. The van der Waals surface area contributed by atoms with Crippen molar-refractivity contribution in [3.63, 3.8) is 0 Å². The van der Waals surface area contributed by atoms with Gasteiger partial charge in [0, 0.05) is 5.41 Å². The lowest BCUT2D eigenvalue weighted by Gasteiger charge is -2.39. The Morgan fingerprint density at radius 2 is 1.22 bits per heavy atom. The van der Waals surface area contributed by atoms with E-state index < -0.39 is 28.6 Å². The number of benzene rings is 3. The van der Waals surface area contributed by atoms with Gasteiger partial charge in [0.25, 0.3) is 0 Å². The molecule has 2 N–H and O–H groups in total. The number of carbonyl (C=O) groups excluding carboxylic acids is 1. The van der Waals surface area contributed by atoms with E-state index in [0.717, 1.165) is 16.7 Å². The second kappa shape index (κ2) is 10.2. The van der Waals surface area contributed by atoms with Crippen LogP contribution in [0.1, 0.15) is 43.9 Å². The fourth-order valence-corrected chi connectivity index (χ4v) is 4.22. The lowest BCUT2D eigenvalue weighted by Crippen LogP contribution is -2.48. The number of aliphatic hydroxyl groups is 1. The summed E-state index contributed by atoms with van der Waals surface area (Å²) in [7, 11) is 0. The second-order valence-corrected chi connectivity index (χ2v) is 9.40. The van der Waals surface area contributed by atoms with Crippen molar-refractivity contribution in [2.45, 2.75) is 49.7 Å². The number of amides is 1. The second-order valence-electron chi connectivity index (χ2n) is 8.87. The third-order valence-corrected chi connectivity index (χ3v) is 5.75. The molecule has 3 aromatic carbocycles. The van der Waals surface area contributed by atoms with Gasteiger partial charge in [0.05, 0.1) is 6.04 Å². The molecule has 3 rings (SSSR count). The van der Waals surface area contributed by atoms with Crippen LogP contribution in [0.4, 0.5) is 4.79 Å². The summed E-state index contributed by atoms with van der Waals surface area (Å²) in [6.45, 7) is 5.42. The first kappa shape index (κ1) is 23.9. The minimum Gasteiger partial charge on any atom is -0.444 e. The summed E-state index contributed by atoms with van der Waals surface area (Å²) in [4.78, 5) is 12.6. The average molecular weight is 450 g/mol. The van der Waals surface area contributed by atoms with Crippen LogP contribution in [0.5, 0.6) is 0 Å². The summed E-state index contributed by atoms with van der Waals surface area (Å²) in [5.74, 6) is 0. The van der Waals surface area contributed by atoms with Gasteiger partial charge in [0.2, 0.25) is 0 Å². The van der Waals surface area contributed by atoms with Crippen LogP contribution in [0.25, 0.3) is 0 Å². The third-order valence-electron chi connectivity index (χ3n) is 5.39. The molecule has 0 spiro atoms. The molecule has 1 amide bonds. The number of thiol groups is 1. The largest absolute Gasteiger partial charge is 0.444 e. The molecule has 0 saturated carbocycles. The number of hydrogen-bond donors (Lipinski definition) is 3. The monoisotopic (exact) mass is 449 g/mol. The van der Waals surface area contributed by atoms with Crippen molar-refractivity contribution in [2.75, 3.05) is 0 Å². The predicted octanol–water partition coefficient (Wildman–Crippen LogP) is 5.55. The molecule has 168 valence electrons. The minimum absolute atomic E-state index is 0.384. The first-order chi connectivity index (χ1) is 15.2. The van der Waals surface area contributed by atoms with Gasteiger partial charge in [-0.1, -0.05) is 91.0 Å². The Kier molecular flexibility index (Phi) is 7.64. The zero-order chi connectivity index (χ0) is 23.2. The molecule has 32 heavy (non-hydrogen) atoms. The molecule has 0 aliphatic rings. The quantitative estimate of drug-likeness (QED) is 0.252. The van der Waals surface area contributed by atoms with Gasteiger partial charge >= 0.3 is 6.09 Å². The Morgan fingerprint density at radius 3 is 1.53 bits per heavy atom. The first-order valence-corrected chi connectivity index (χ1v) is 11.3. The van der Waals surface area contributed by atoms with E-state index in [-0.39, 0.29) is 0 Å². The molecule has 0 radical (unpaired) electrons. The summed E-state index contributed by atoms with van der Waals surface area (Å²) in [5.41, 5.74) is 0.809. The molecule has 0 fully saturated rings. The number of alkyl carbamates (subject to hydrolysis) is 1. The molecule has 1 unspecified atom stereocenters. The van der Waals surface area contributed by atoms with Gasteiger partial charge < -0.3 is 15.2 Å². The van der Waals surface area contributed by atoms with Crippen LogP contribution >= 0.6 is 12.6 Å². The molecule has 0 aliphatic heterocycles. The van der Waals surface area contributed by atoms with Gasteiger partial charge in [-0.25, -0.2) is 4.79 Å². The van der Waals surface area contributed by atoms with Crippen molar-refractivity contribution in [3.05, 3.63) is 108 Å². The number of ether oxygens (including phenoxy) is 1. The normalized spacial score (nSPS) is 13.8. The van der Waals surface area contributed by atoms with Crippen LogP contribution in [-0.4, -0.2) is 28.3 Å². The molecule has 0 aliphatic carbocycles. The molecule has 3 aromatic rings. The summed E-state index contributed by atoms with van der Waals surface area (Å²) >= 11 is 4.31. The fraction of sp³-hybridized carbons (Fsp3) is 0.296. The van der Waals surface area contributed by atoms with Crippen LogP contribution in [0.3, 0.4) is 0 Å². The summed E-state index contributed by atoms with van der Waals surface area (Å²) in [6, 6.07) is 29.8. The number of hydrogen-bond acceptors (Lipinski definition) is 4. The highest BCUT2D eigenvalue weighted by atomic mass is 32.1. The maximum Gasteiger partial charge on any atom is 0.407 e. The average Bonchev–Trinajstić information content (AvgIpc) is 2.77. The van der Waals surface area contributed by atoms with E-state index in [9.17, 15) is 9.90 Å². The Hall–Kier alpha value is -2.76. The van der Waals surface area contributed by atoms with Gasteiger partial charge in [-0.15, -0.1) is 12.6 Å². The smallest absolute Gasteiger partial charge is 0.407 e.